The van der Waals surface area contributed by atoms with Gasteiger partial charge in [-0.2, -0.15) is 0 Å². The summed E-state index contributed by atoms with van der Waals surface area (Å²) >= 11 is 0. The Hall–Kier alpha value is -2.23. The summed E-state index contributed by atoms with van der Waals surface area (Å²) in [5.41, 5.74) is 4.07. The average molecular weight is 257 g/mol. The molecule has 0 unspecified atom stereocenters. The molecule has 3 N–H and O–H groups in total. The molecule has 2 rings (SSSR count). The van der Waals surface area contributed by atoms with Crippen LogP contribution in [0.2, 0.25) is 0 Å². The summed E-state index contributed by atoms with van der Waals surface area (Å²) in [6.45, 7) is 4.58. The Bertz CT molecular complexity index is 547. The maximum absolute atomic E-state index is 11.5. The molecule has 1 heterocycles. The summed E-state index contributed by atoms with van der Waals surface area (Å²) in [6.07, 6.45) is 2.39. The van der Waals surface area contributed by atoms with E-state index in [1.54, 1.807) is 0 Å². The number of H-pyrrole nitrogens is 1. The molecule has 4 heteroatoms. The zero-order valence-electron chi connectivity index (χ0n) is 11.3. The number of carbonyl (C=O) groups is 1. The first kappa shape index (κ1) is 13.2. The van der Waals surface area contributed by atoms with E-state index in [1.165, 1.54) is 0 Å². The van der Waals surface area contributed by atoms with Crippen LogP contribution in [0.4, 0.5) is 11.4 Å². The Labute approximate surface area is 113 Å². The van der Waals surface area contributed by atoms with Crippen LogP contribution in [0.3, 0.4) is 0 Å². The van der Waals surface area contributed by atoms with Gasteiger partial charge in [0, 0.05) is 29.7 Å². The van der Waals surface area contributed by atoms with Gasteiger partial charge >= 0.3 is 0 Å². The quantitative estimate of drug-likeness (QED) is 0.770. The van der Waals surface area contributed by atoms with Crippen molar-refractivity contribution in [3.05, 3.63) is 47.8 Å². The minimum Gasteiger partial charge on any atom is -0.379 e. The molecule has 1 aromatic carbocycles. The van der Waals surface area contributed by atoms with Gasteiger partial charge in [-0.05, 0) is 36.8 Å². The third kappa shape index (κ3) is 3.37. The Balaban J connectivity index is 2.08. The predicted octanol–water partition coefficient (Wildman–Crippen LogP) is 3.28. The maximum atomic E-state index is 11.5. The molecule has 0 saturated carbocycles. The summed E-state index contributed by atoms with van der Waals surface area (Å²) in [5.74, 6) is 0.0321. The van der Waals surface area contributed by atoms with Gasteiger partial charge < -0.3 is 15.6 Å². The van der Waals surface area contributed by atoms with Crippen LogP contribution in [0.15, 0.2) is 36.5 Å². The molecule has 0 fully saturated rings. The maximum Gasteiger partial charge on any atom is 0.224 e. The van der Waals surface area contributed by atoms with Crippen LogP contribution in [0.1, 0.15) is 24.6 Å². The number of hydrogen-bond acceptors (Lipinski definition) is 2. The smallest absolute Gasteiger partial charge is 0.224 e. The van der Waals surface area contributed by atoms with E-state index in [0.29, 0.717) is 6.42 Å². The minimum absolute atomic E-state index is 0.0321. The fourth-order valence-corrected chi connectivity index (χ4v) is 1.87. The topological polar surface area (TPSA) is 56.9 Å². The summed E-state index contributed by atoms with van der Waals surface area (Å²) in [6, 6.07) is 9.88. The van der Waals surface area contributed by atoms with Gasteiger partial charge in [-0.3, -0.25) is 4.79 Å². The van der Waals surface area contributed by atoms with E-state index in [1.807, 2.05) is 50.4 Å². The Morgan fingerprint density at radius 2 is 2.00 bits per heavy atom. The van der Waals surface area contributed by atoms with Crippen LogP contribution in [-0.4, -0.2) is 10.9 Å². The molecule has 0 aliphatic heterocycles. The van der Waals surface area contributed by atoms with Crippen LogP contribution in [0.25, 0.3) is 0 Å². The Morgan fingerprint density at radius 3 is 2.68 bits per heavy atom. The highest BCUT2D eigenvalue weighted by atomic mass is 16.1. The molecule has 100 valence electrons. The fourth-order valence-electron chi connectivity index (χ4n) is 1.87. The lowest BCUT2D eigenvalue weighted by Crippen LogP contribution is -2.11. The van der Waals surface area contributed by atoms with Gasteiger partial charge in [-0.25, -0.2) is 0 Å². The van der Waals surface area contributed by atoms with E-state index < -0.39 is 0 Å². The molecule has 1 aromatic heterocycles. The number of nitrogens with one attached hydrogen (secondary N) is 3. The van der Waals surface area contributed by atoms with Crippen molar-refractivity contribution in [2.75, 3.05) is 10.6 Å². The standard InChI is InChI=1S/C15H19N3O/c1-3-15(19)18-14-8-4-7-13(11(14)2)17-10-12-6-5-9-16-12/h4-9,16-17H,3,10H2,1-2H3,(H,18,19). The second-order valence-corrected chi connectivity index (χ2v) is 4.43. The third-order valence-electron chi connectivity index (χ3n) is 3.06. The SMILES string of the molecule is CCC(=O)Nc1cccc(NCc2ccc[nH]2)c1C. The molecule has 0 spiro atoms. The molecule has 0 aliphatic carbocycles. The molecule has 0 bridgehead atoms. The molecule has 0 aliphatic rings. The predicted molar refractivity (Wildman–Crippen MR) is 78.2 cm³/mol. The van der Waals surface area contributed by atoms with Crippen LogP contribution in [0.5, 0.6) is 0 Å². The van der Waals surface area contributed by atoms with Gasteiger partial charge in [0.1, 0.15) is 0 Å². The molecule has 2 aromatic rings. The van der Waals surface area contributed by atoms with Crippen molar-refractivity contribution in [3.8, 4) is 0 Å². The lowest BCUT2D eigenvalue weighted by molar-refractivity contribution is -0.115. The number of carbonyl (C=O) groups excluding carboxylic acids is 1. The van der Waals surface area contributed by atoms with E-state index in [4.69, 9.17) is 0 Å². The summed E-state index contributed by atoms with van der Waals surface area (Å²) in [7, 11) is 0. The number of amides is 1. The lowest BCUT2D eigenvalue weighted by Gasteiger charge is -2.13. The van der Waals surface area contributed by atoms with Gasteiger partial charge in [0.25, 0.3) is 0 Å². The number of aromatic amines is 1. The minimum atomic E-state index is 0.0321. The first-order valence-corrected chi connectivity index (χ1v) is 6.46. The normalized spacial score (nSPS) is 10.2. The lowest BCUT2D eigenvalue weighted by atomic mass is 10.1. The van der Waals surface area contributed by atoms with E-state index >= 15 is 0 Å². The van der Waals surface area contributed by atoms with E-state index in [9.17, 15) is 4.79 Å². The van der Waals surface area contributed by atoms with Crippen molar-refractivity contribution < 1.29 is 4.79 Å². The number of hydrogen-bond donors (Lipinski definition) is 3. The fraction of sp³-hybridized carbons (Fsp3) is 0.267. The largest absolute Gasteiger partial charge is 0.379 e. The first-order valence-electron chi connectivity index (χ1n) is 6.46. The Kier molecular flexibility index (Phi) is 4.23. The van der Waals surface area contributed by atoms with Crippen molar-refractivity contribution in [2.24, 2.45) is 0 Å². The van der Waals surface area contributed by atoms with Crippen molar-refractivity contribution >= 4 is 17.3 Å². The monoisotopic (exact) mass is 257 g/mol. The van der Waals surface area contributed by atoms with E-state index in [2.05, 4.69) is 15.6 Å². The van der Waals surface area contributed by atoms with Crippen LogP contribution < -0.4 is 10.6 Å². The van der Waals surface area contributed by atoms with Crippen molar-refractivity contribution in [1.29, 1.82) is 0 Å². The number of anilines is 2. The second-order valence-electron chi connectivity index (χ2n) is 4.43. The van der Waals surface area contributed by atoms with Crippen LogP contribution in [-0.2, 0) is 11.3 Å². The molecule has 0 saturated heterocycles. The summed E-state index contributed by atoms with van der Waals surface area (Å²) in [4.78, 5) is 14.6. The van der Waals surface area contributed by atoms with E-state index in [-0.39, 0.29) is 5.91 Å². The highest BCUT2D eigenvalue weighted by Crippen LogP contribution is 2.23. The highest BCUT2D eigenvalue weighted by Gasteiger charge is 2.06. The van der Waals surface area contributed by atoms with Gasteiger partial charge in [0.2, 0.25) is 5.91 Å². The molecular weight excluding hydrogens is 238 g/mol. The van der Waals surface area contributed by atoms with Crippen molar-refractivity contribution in [2.45, 2.75) is 26.8 Å². The Morgan fingerprint density at radius 1 is 1.21 bits per heavy atom. The van der Waals surface area contributed by atoms with Crippen molar-refractivity contribution in [1.82, 2.24) is 4.98 Å². The number of benzene rings is 1. The molecule has 19 heavy (non-hydrogen) atoms. The molecule has 1 amide bonds. The third-order valence-corrected chi connectivity index (χ3v) is 3.06. The molecule has 0 radical (unpaired) electrons. The van der Waals surface area contributed by atoms with Crippen LogP contribution in [0, 0.1) is 6.92 Å². The van der Waals surface area contributed by atoms with Gasteiger partial charge in [0.15, 0.2) is 0 Å². The zero-order valence-corrected chi connectivity index (χ0v) is 11.3. The van der Waals surface area contributed by atoms with Gasteiger partial charge in [0.05, 0.1) is 6.54 Å². The zero-order chi connectivity index (χ0) is 13.7. The first-order chi connectivity index (χ1) is 9.20. The van der Waals surface area contributed by atoms with E-state index in [0.717, 1.165) is 29.2 Å². The van der Waals surface area contributed by atoms with Gasteiger partial charge in [-0.15, -0.1) is 0 Å². The molecule has 4 nitrogen and oxygen atoms in total. The highest BCUT2D eigenvalue weighted by molar-refractivity contribution is 5.92. The molecule has 0 atom stereocenters. The average Bonchev–Trinajstić information content (AvgIpc) is 2.93. The second kappa shape index (κ2) is 6.09. The number of rotatable bonds is 5. The number of aromatic nitrogens is 1. The summed E-state index contributed by atoms with van der Waals surface area (Å²) in [5, 5.41) is 6.27. The van der Waals surface area contributed by atoms with Crippen LogP contribution >= 0.6 is 0 Å². The van der Waals surface area contributed by atoms with Crippen molar-refractivity contribution in [3.63, 3.8) is 0 Å². The molecular formula is C15H19N3O. The summed E-state index contributed by atoms with van der Waals surface area (Å²) < 4.78 is 0. The van der Waals surface area contributed by atoms with Gasteiger partial charge in [-0.1, -0.05) is 13.0 Å².